The highest BCUT2D eigenvalue weighted by atomic mass is 32.2. The molecule has 7 nitrogen and oxygen atoms in total. The van der Waals surface area contributed by atoms with Crippen molar-refractivity contribution in [2.75, 3.05) is 23.7 Å². The number of halogens is 2. The van der Waals surface area contributed by atoms with Crippen LogP contribution in [-0.4, -0.2) is 50.5 Å². The van der Waals surface area contributed by atoms with Crippen molar-refractivity contribution in [3.63, 3.8) is 0 Å². The molecule has 10 heteroatoms. The van der Waals surface area contributed by atoms with Crippen molar-refractivity contribution >= 4 is 27.5 Å². The van der Waals surface area contributed by atoms with Gasteiger partial charge in [-0.1, -0.05) is 67.1 Å². The van der Waals surface area contributed by atoms with Crippen molar-refractivity contribution in [1.82, 2.24) is 10.2 Å². The molecular formula is C29H33F2N3O4S. The van der Waals surface area contributed by atoms with Crippen LogP contribution in [0.2, 0.25) is 0 Å². The lowest BCUT2D eigenvalue weighted by Gasteiger charge is -2.33. The molecule has 1 N–H and O–H groups in total. The molecule has 3 rings (SSSR count). The fourth-order valence-corrected chi connectivity index (χ4v) is 4.91. The van der Waals surface area contributed by atoms with Gasteiger partial charge in [-0.25, -0.2) is 17.2 Å². The molecule has 0 aliphatic carbocycles. The Bertz CT molecular complexity index is 1380. The maximum Gasteiger partial charge on any atom is 0.244 e. The van der Waals surface area contributed by atoms with Gasteiger partial charge in [-0.05, 0) is 36.6 Å². The Balaban J connectivity index is 2.04. The topological polar surface area (TPSA) is 86.8 Å². The van der Waals surface area contributed by atoms with E-state index in [1.54, 1.807) is 0 Å². The molecule has 0 saturated carbocycles. The molecule has 0 bridgehead atoms. The molecule has 0 saturated heterocycles. The summed E-state index contributed by atoms with van der Waals surface area (Å²) in [5, 5.41) is 2.86. The monoisotopic (exact) mass is 557 g/mol. The lowest BCUT2D eigenvalue weighted by Crippen LogP contribution is -2.53. The third kappa shape index (κ3) is 8.35. The van der Waals surface area contributed by atoms with Crippen molar-refractivity contribution in [3.8, 4) is 0 Å². The summed E-state index contributed by atoms with van der Waals surface area (Å²) < 4.78 is 53.6. The molecule has 2 amide bonds. The minimum Gasteiger partial charge on any atom is -0.354 e. The maximum absolute atomic E-state index is 14.0. The van der Waals surface area contributed by atoms with Crippen LogP contribution in [0.3, 0.4) is 0 Å². The zero-order chi connectivity index (χ0) is 28.6. The standard InChI is InChI=1S/C29H33F2N3O4S/c1-4-16-32-29(36)27(17-22-8-6-5-7-9-22)33(19-23-12-10-21(2)11-13-23)28(35)20-34(39(3,37)38)24-14-15-25(30)26(31)18-24/h5-15,18,27H,4,16-17,19-20H2,1-3H3,(H,32,36). The number of sulfonamides is 1. The van der Waals surface area contributed by atoms with Crippen LogP contribution in [-0.2, 0) is 32.6 Å². The van der Waals surface area contributed by atoms with E-state index in [1.165, 1.54) is 4.90 Å². The van der Waals surface area contributed by atoms with Gasteiger partial charge < -0.3 is 10.2 Å². The Morgan fingerprint density at radius 2 is 1.59 bits per heavy atom. The second-order valence-corrected chi connectivity index (χ2v) is 11.3. The average molecular weight is 558 g/mol. The van der Waals surface area contributed by atoms with Gasteiger partial charge in [0.25, 0.3) is 0 Å². The van der Waals surface area contributed by atoms with Crippen LogP contribution in [0.1, 0.15) is 30.0 Å². The molecule has 0 radical (unpaired) electrons. The predicted octanol–water partition coefficient (Wildman–Crippen LogP) is 4.21. The van der Waals surface area contributed by atoms with E-state index in [0.717, 1.165) is 41.1 Å². The SMILES string of the molecule is CCCNC(=O)C(Cc1ccccc1)N(Cc1ccc(C)cc1)C(=O)CN(c1ccc(F)c(F)c1)S(C)(=O)=O. The van der Waals surface area contributed by atoms with E-state index in [2.05, 4.69) is 5.32 Å². The summed E-state index contributed by atoms with van der Waals surface area (Å²) in [6.07, 6.45) is 1.76. The first kappa shape index (κ1) is 29.8. The first-order valence-electron chi connectivity index (χ1n) is 12.6. The molecule has 39 heavy (non-hydrogen) atoms. The Hall–Kier alpha value is -3.79. The quantitative estimate of drug-likeness (QED) is 0.362. The molecule has 0 aromatic heterocycles. The number of carbonyl (C=O) groups is 2. The fourth-order valence-electron chi connectivity index (χ4n) is 4.06. The van der Waals surface area contributed by atoms with Gasteiger partial charge in [0.1, 0.15) is 12.6 Å². The Morgan fingerprint density at radius 3 is 2.18 bits per heavy atom. The van der Waals surface area contributed by atoms with Gasteiger partial charge in [0.05, 0.1) is 11.9 Å². The molecule has 3 aromatic carbocycles. The highest BCUT2D eigenvalue weighted by Gasteiger charge is 2.33. The van der Waals surface area contributed by atoms with Gasteiger partial charge in [-0.15, -0.1) is 0 Å². The van der Waals surface area contributed by atoms with E-state index >= 15 is 0 Å². The number of amides is 2. The number of benzene rings is 3. The van der Waals surface area contributed by atoms with Crippen molar-refractivity contribution < 1.29 is 26.8 Å². The highest BCUT2D eigenvalue weighted by molar-refractivity contribution is 7.92. The van der Waals surface area contributed by atoms with Gasteiger partial charge in [0, 0.05) is 25.6 Å². The Kier molecular flexibility index (Phi) is 10.2. The summed E-state index contributed by atoms with van der Waals surface area (Å²) in [7, 11) is -4.08. The van der Waals surface area contributed by atoms with Crippen LogP contribution >= 0.6 is 0 Å². The van der Waals surface area contributed by atoms with Crippen molar-refractivity contribution in [2.24, 2.45) is 0 Å². The number of hydrogen-bond donors (Lipinski definition) is 1. The molecule has 208 valence electrons. The average Bonchev–Trinajstić information content (AvgIpc) is 2.90. The van der Waals surface area contributed by atoms with Gasteiger partial charge in [-0.3, -0.25) is 13.9 Å². The zero-order valence-corrected chi connectivity index (χ0v) is 23.0. The number of nitrogens with zero attached hydrogens (tertiary/aromatic N) is 2. The summed E-state index contributed by atoms with van der Waals surface area (Å²) in [4.78, 5) is 28.6. The molecule has 1 unspecified atom stereocenters. The molecule has 3 aromatic rings. The van der Waals surface area contributed by atoms with E-state index in [1.807, 2.05) is 68.4 Å². The van der Waals surface area contributed by atoms with E-state index in [0.29, 0.717) is 17.3 Å². The van der Waals surface area contributed by atoms with Crippen molar-refractivity contribution in [1.29, 1.82) is 0 Å². The summed E-state index contributed by atoms with van der Waals surface area (Å²) in [5.41, 5.74) is 2.38. The molecule has 0 fully saturated rings. The molecule has 0 aliphatic heterocycles. The lowest BCUT2D eigenvalue weighted by molar-refractivity contribution is -0.140. The third-order valence-electron chi connectivity index (χ3n) is 6.16. The van der Waals surface area contributed by atoms with Crippen LogP contribution in [0.4, 0.5) is 14.5 Å². The van der Waals surface area contributed by atoms with E-state index < -0.39 is 40.2 Å². The van der Waals surface area contributed by atoms with Gasteiger partial charge in [0.2, 0.25) is 21.8 Å². The van der Waals surface area contributed by atoms with Crippen LogP contribution in [0.25, 0.3) is 0 Å². The smallest absolute Gasteiger partial charge is 0.244 e. The van der Waals surface area contributed by atoms with E-state index in [-0.39, 0.29) is 24.6 Å². The normalized spacial score (nSPS) is 12.0. The summed E-state index contributed by atoms with van der Waals surface area (Å²) >= 11 is 0. The molecule has 1 atom stereocenters. The summed E-state index contributed by atoms with van der Waals surface area (Å²) in [6, 6.07) is 18.3. The van der Waals surface area contributed by atoms with Gasteiger partial charge in [0.15, 0.2) is 11.6 Å². The second-order valence-electron chi connectivity index (χ2n) is 9.37. The molecule has 0 heterocycles. The van der Waals surface area contributed by atoms with Crippen LogP contribution < -0.4 is 9.62 Å². The highest BCUT2D eigenvalue weighted by Crippen LogP contribution is 2.22. The lowest BCUT2D eigenvalue weighted by atomic mass is 10.0. The van der Waals surface area contributed by atoms with E-state index in [4.69, 9.17) is 0 Å². The summed E-state index contributed by atoms with van der Waals surface area (Å²) in [6.45, 7) is 3.57. The van der Waals surface area contributed by atoms with Gasteiger partial charge in [-0.2, -0.15) is 0 Å². The molecule has 0 aliphatic rings. The predicted molar refractivity (Wildman–Crippen MR) is 148 cm³/mol. The minimum atomic E-state index is -4.08. The maximum atomic E-state index is 14.0. The summed E-state index contributed by atoms with van der Waals surface area (Å²) in [5.74, 6) is -3.43. The van der Waals surface area contributed by atoms with Crippen molar-refractivity contribution in [3.05, 3.63) is 101 Å². The number of carbonyl (C=O) groups excluding carboxylic acids is 2. The fraction of sp³-hybridized carbons (Fsp3) is 0.310. The Labute approximate surface area is 228 Å². The molecular weight excluding hydrogens is 524 g/mol. The number of hydrogen-bond acceptors (Lipinski definition) is 4. The minimum absolute atomic E-state index is 0.0333. The zero-order valence-electron chi connectivity index (χ0n) is 22.2. The Morgan fingerprint density at radius 1 is 0.923 bits per heavy atom. The molecule has 0 spiro atoms. The largest absolute Gasteiger partial charge is 0.354 e. The van der Waals surface area contributed by atoms with E-state index in [9.17, 15) is 26.8 Å². The van der Waals surface area contributed by atoms with Crippen LogP contribution in [0.15, 0.2) is 72.8 Å². The second kappa shape index (κ2) is 13.3. The van der Waals surface area contributed by atoms with Crippen molar-refractivity contribution in [2.45, 2.75) is 39.3 Å². The number of anilines is 1. The number of aryl methyl sites for hydroxylation is 1. The van der Waals surface area contributed by atoms with Crippen LogP contribution in [0, 0.1) is 18.6 Å². The first-order chi connectivity index (χ1) is 18.5. The first-order valence-corrected chi connectivity index (χ1v) is 14.4. The third-order valence-corrected chi connectivity index (χ3v) is 7.30. The van der Waals surface area contributed by atoms with Gasteiger partial charge >= 0.3 is 0 Å². The van der Waals surface area contributed by atoms with Crippen LogP contribution in [0.5, 0.6) is 0 Å². The number of nitrogens with one attached hydrogen (secondary N) is 1. The number of rotatable bonds is 12.